The lowest BCUT2D eigenvalue weighted by atomic mass is 10.0. The molecule has 1 saturated heterocycles. The van der Waals surface area contributed by atoms with Crippen molar-refractivity contribution in [3.05, 3.63) is 0 Å². The second kappa shape index (κ2) is 3.11. The van der Waals surface area contributed by atoms with Crippen molar-refractivity contribution in [3.63, 3.8) is 0 Å². The summed E-state index contributed by atoms with van der Waals surface area (Å²) in [5, 5.41) is 8.75. The number of likely N-dealkylation sites (tertiary alicyclic amines) is 1. The molecule has 64 valence electrons. The Labute approximate surface area is 68.2 Å². The van der Waals surface area contributed by atoms with E-state index in [-0.39, 0.29) is 0 Å². The van der Waals surface area contributed by atoms with Gasteiger partial charge in [-0.2, -0.15) is 0 Å². The summed E-state index contributed by atoms with van der Waals surface area (Å²) in [5.74, 6) is 1.95. The van der Waals surface area contributed by atoms with E-state index in [1.807, 2.05) is 0 Å². The summed E-state index contributed by atoms with van der Waals surface area (Å²) in [6.07, 6.45) is 4.32. The van der Waals surface area contributed by atoms with Gasteiger partial charge in [-0.1, -0.05) is 6.42 Å². The number of hydrogen-bond acceptors (Lipinski definition) is 2. The van der Waals surface area contributed by atoms with Gasteiger partial charge in [0, 0.05) is 19.6 Å². The molecule has 1 saturated carbocycles. The van der Waals surface area contributed by atoms with E-state index < -0.39 is 0 Å². The molecule has 0 radical (unpaired) electrons. The van der Waals surface area contributed by atoms with Crippen molar-refractivity contribution in [3.8, 4) is 0 Å². The van der Waals surface area contributed by atoms with Crippen molar-refractivity contribution in [2.24, 2.45) is 11.8 Å². The van der Waals surface area contributed by atoms with Gasteiger partial charge in [0.15, 0.2) is 0 Å². The molecule has 0 aromatic carbocycles. The Morgan fingerprint density at radius 2 is 1.82 bits per heavy atom. The fraction of sp³-hybridized carbons (Fsp3) is 1.00. The van der Waals surface area contributed by atoms with Crippen molar-refractivity contribution in [2.45, 2.75) is 19.3 Å². The first-order valence-electron chi connectivity index (χ1n) is 4.73. The van der Waals surface area contributed by atoms with Gasteiger partial charge in [0.05, 0.1) is 6.61 Å². The summed E-state index contributed by atoms with van der Waals surface area (Å²) in [4.78, 5) is 2.41. The molecule has 1 aliphatic heterocycles. The number of β-amino-alcohol motifs (C(OH)–C–C–N with tert-alkyl or cyclic N) is 1. The SMILES string of the molecule is OCCN1CC2CCCC2C1. The van der Waals surface area contributed by atoms with Crippen LogP contribution in [0, 0.1) is 11.8 Å². The Hall–Kier alpha value is -0.0800. The van der Waals surface area contributed by atoms with Gasteiger partial charge in [-0.3, -0.25) is 0 Å². The van der Waals surface area contributed by atoms with Gasteiger partial charge < -0.3 is 10.0 Å². The summed E-state index contributed by atoms with van der Waals surface area (Å²) >= 11 is 0. The molecule has 0 amide bonds. The molecular weight excluding hydrogens is 138 g/mol. The molecule has 1 aliphatic carbocycles. The number of fused-ring (bicyclic) bond motifs is 1. The first-order chi connectivity index (χ1) is 5.40. The van der Waals surface area contributed by atoms with Gasteiger partial charge in [-0.05, 0) is 24.7 Å². The molecule has 0 spiro atoms. The summed E-state index contributed by atoms with van der Waals surface area (Å²) in [6, 6.07) is 0. The summed E-state index contributed by atoms with van der Waals surface area (Å²) < 4.78 is 0. The van der Waals surface area contributed by atoms with Crippen LogP contribution in [-0.2, 0) is 0 Å². The van der Waals surface area contributed by atoms with E-state index in [4.69, 9.17) is 5.11 Å². The van der Waals surface area contributed by atoms with Gasteiger partial charge >= 0.3 is 0 Å². The minimum absolute atomic E-state index is 0.333. The van der Waals surface area contributed by atoms with Gasteiger partial charge in [0.2, 0.25) is 0 Å². The third-order valence-electron chi connectivity index (χ3n) is 3.22. The number of aliphatic hydroxyl groups excluding tert-OH is 1. The molecule has 2 heteroatoms. The Bertz CT molecular complexity index is 126. The van der Waals surface area contributed by atoms with Crippen LogP contribution in [0.25, 0.3) is 0 Å². The standard InChI is InChI=1S/C9H17NO/c11-5-4-10-6-8-2-1-3-9(8)7-10/h8-9,11H,1-7H2. The fourth-order valence-electron chi connectivity index (χ4n) is 2.66. The lowest BCUT2D eigenvalue weighted by Gasteiger charge is -2.13. The van der Waals surface area contributed by atoms with E-state index in [0.717, 1.165) is 18.4 Å². The maximum Gasteiger partial charge on any atom is 0.0558 e. The lowest BCUT2D eigenvalue weighted by Crippen LogP contribution is -2.24. The second-order valence-electron chi connectivity index (χ2n) is 3.93. The van der Waals surface area contributed by atoms with Crippen molar-refractivity contribution in [2.75, 3.05) is 26.2 Å². The van der Waals surface area contributed by atoms with Crippen molar-refractivity contribution < 1.29 is 5.11 Å². The Balaban J connectivity index is 1.84. The molecule has 11 heavy (non-hydrogen) atoms. The molecule has 2 rings (SSSR count). The maximum absolute atomic E-state index is 8.75. The van der Waals surface area contributed by atoms with Crippen molar-refractivity contribution >= 4 is 0 Å². The van der Waals surface area contributed by atoms with Crippen LogP contribution in [0.15, 0.2) is 0 Å². The summed E-state index contributed by atoms with van der Waals surface area (Å²) in [5.41, 5.74) is 0. The normalized spacial score (nSPS) is 37.9. The quantitative estimate of drug-likeness (QED) is 0.635. The van der Waals surface area contributed by atoms with Crippen LogP contribution in [0.4, 0.5) is 0 Å². The number of aliphatic hydroxyl groups is 1. The summed E-state index contributed by atoms with van der Waals surface area (Å²) in [7, 11) is 0. The van der Waals surface area contributed by atoms with Gasteiger partial charge in [0.1, 0.15) is 0 Å². The molecule has 1 N–H and O–H groups in total. The van der Waals surface area contributed by atoms with Crippen molar-refractivity contribution in [1.29, 1.82) is 0 Å². The number of nitrogens with zero attached hydrogens (tertiary/aromatic N) is 1. The molecular formula is C9H17NO. The summed E-state index contributed by atoms with van der Waals surface area (Å²) in [6.45, 7) is 3.74. The Morgan fingerprint density at radius 3 is 2.36 bits per heavy atom. The van der Waals surface area contributed by atoms with Crippen LogP contribution in [-0.4, -0.2) is 36.2 Å². The zero-order valence-electron chi connectivity index (χ0n) is 7.00. The van der Waals surface area contributed by atoms with E-state index in [9.17, 15) is 0 Å². The zero-order chi connectivity index (χ0) is 7.68. The highest BCUT2D eigenvalue weighted by atomic mass is 16.3. The number of rotatable bonds is 2. The average molecular weight is 155 g/mol. The minimum atomic E-state index is 0.333. The van der Waals surface area contributed by atoms with Crippen LogP contribution < -0.4 is 0 Å². The van der Waals surface area contributed by atoms with Crippen LogP contribution in [0.5, 0.6) is 0 Å². The molecule has 2 aliphatic rings. The van der Waals surface area contributed by atoms with Crippen LogP contribution in [0.3, 0.4) is 0 Å². The van der Waals surface area contributed by atoms with Crippen molar-refractivity contribution in [1.82, 2.24) is 4.90 Å². The molecule has 1 heterocycles. The number of hydrogen-bond donors (Lipinski definition) is 1. The molecule has 0 aromatic heterocycles. The molecule has 0 bridgehead atoms. The lowest BCUT2D eigenvalue weighted by molar-refractivity contribution is 0.212. The van der Waals surface area contributed by atoms with E-state index >= 15 is 0 Å². The molecule has 2 fully saturated rings. The van der Waals surface area contributed by atoms with E-state index in [0.29, 0.717) is 6.61 Å². The minimum Gasteiger partial charge on any atom is -0.395 e. The first kappa shape index (κ1) is 7.56. The Morgan fingerprint density at radius 1 is 1.18 bits per heavy atom. The fourth-order valence-corrected chi connectivity index (χ4v) is 2.66. The molecule has 2 nitrogen and oxygen atoms in total. The highest BCUT2D eigenvalue weighted by Gasteiger charge is 2.35. The third-order valence-corrected chi connectivity index (χ3v) is 3.22. The first-order valence-corrected chi connectivity index (χ1v) is 4.73. The van der Waals surface area contributed by atoms with E-state index in [1.165, 1.54) is 32.4 Å². The van der Waals surface area contributed by atoms with Gasteiger partial charge in [0.25, 0.3) is 0 Å². The molecule has 2 atom stereocenters. The van der Waals surface area contributed by atoms with E-state index in [1.54, 1.807) is 0 Å². The van der Waals surface area contributed by atoms with Crippen LogP contribution in [0.2, 0.25) is 0 Å². The Kier molecular flexibility index (Phi) is 2.14. The van der Waals surface area contributed by atoms with Gasteiger partial charge in [-0.25, -0.2) is 0 Å². The van der Waals surface area contributed by atoms with E-state index in [2.05, 4.69) is 4.90 Å². The second-order valence-corrected chi connectivity index (χ2v) is 3.93. The van der Waals surface area contributed by atoms with Gasteiger partial charge in [-0.15, -0.1) is 0 Å². The predicted octanol–water partition coefficient (Wildman–Crippen LogP) is 0.711. The van der Waals surface area contributed by atoms with Crippen LogP contribution >= 0.6 is 0 Å². The predicted molar refractivity (Wildman–Crippen MR) is 44.4 cm³/mol. The zero-order valence-corrected chi connectivity index (χ0v) is 7.00. The largest absolute Gasteiger partial charge is 0.395 e. The third kappa shape index (κ3) is 1.42. The van der Waals surface area contributed by atoms with Crippen LogP contribution in [0.1, 0.15) is 19.3 Å². The maximum atomic E-state index is 8.75. The average Bonchev–Trinajstić information content (AvgIpc) is 2.46. The highest BCUT2D eigenvalue weighted by molar-refractivity contribution is 4.88. The monoisotopic (exact) mass is 155 g/mol. The highest BCUT2D eigenvalue weighted by Crippen LogP contribution is 2.37. The topological polar surface area (TPSA) is 23.5 Å². The smallest absolute Gasteiger partial charge is 0.0558 e. The molecule has 0 aromatic rings. The molecule has 2 unspecified atom stereocenters.